The Bertz CT molecular complexity index is 655. The quantitative estimate of drug-likeness (QED) is 0.602. The summed E-state index contributed by atoms with van der Waals surface area (Å²) in [7, 11) is 0. The Hall–Kier alpha value is -1.62. The van der Waals surface area contributed by atoms with E-state index in [-0.39, 0.29) is 6.42 Å². The molecule has 1 atom stereocenters. The van der Waals surface area contributed by atoms with Crippen LogP contribution in [0.15, 0.2) is 0 Å². The normalized spacial score (nSPS) is 20.6. The molecule has 0 spiro atoms. The lowest BCUT2D eigenvalue weighted by Gasteiger charge is -2.44. The Morgan fingerprint density at radius 2 is 1.00 bits per heavy atom. The molecule has 172 valence electrons. The summed E-state index contributed by atoms with van der Waals surface area (Å²) in [6, 6.07) is 0. The number of nitrogens with zero attached hydrogens (tertiary/aromatic N) is 1. The molecule has 1 rings (SSSR count). The van der Waals surface area contributed by atoms with Gasteiger partial charge in [-0.2, -0.15) is 65.9 Å². The summed E-state index contributed by atoms with van der Waals surface area (Å²) >= 11 is 0. The molecule has 0 saturated carbocycles. The molecule has 2 N–H and O–H groups in total. The number of carbonyl (C=O) groups excluding carboxylic acids is 1. The minimum Gasteiger partial charge on any atom is -0.322 e. The Morgan fingerprint density at radius 1 is 0.655 bits per heavy atom. The topological polar surface area (TPSA) is 46.3 Å². The van der Waals surface area contributed by atoms with Crippen LogP contribution in [-0.2, 0) is 4.79 Å². The van der Waals surface area contributed by atoms with Crippen molar-refractivity contribution in [3.05, 3.63) is 0 Å². The van der Waals surface area contributed by atoms with Gasteiger partial charge in [-0.25, -0.2) is 0 Å². The summed E-state index contributed by atoms with van der Waals surface area (Å²) in [6.45, 7) is -0.879. The SMILES string of the molecule is NC1CCN1C(=O)C(F)(F)C(F)(F)C(F)(F)C(F)(F)C(F)(F)C(F)(F)C(F)(F)F. The Balaban J connectivity index is 3.51. The highest BCUT2D eigenvalue weighted by Gasteiger charge is 2.94. The minimum absolute atomic E-state index is 0.351. The summed E-state index contributed by atoms with van der Waals surface area (Å²) in [5, 5.41) is 0. The number of carbonyl (C=O) groups is 1. The van der Waals surface area contributed by atoms with E-state index in [1.807, 2.05) is 0 Å². The van der Waals surface area contributed by atoms with Crippen molar-refractivity contribution in [1.82, 2.24) is 4.90 Å². The fourth-order valence-corrected chi connectivity index (χ4v) is 1.94. The van der Waals surface area contributed by atoms with Crippen LogP contribution in [0, 0.1) is 0 Å². The first-order chi connectivity index (χ1) is 12.4. The molecule has 0 radical (unpaired) electrons. The summed E-state index contributed by atoms with van der Waals surface area (Å²) in [5.74, 6) is -51.2. The molecule has 1 unspecified atom stereocenters. The Morgan fingerprint density at radius 3 is 1.28 bits per heavy atom. The zero-order chi connectivity index (χ0) is 23.6. The average molecular weight is 468 g/mol. The number of hydrogen-bond donors (Lipinski definition) is 1. The Kier molecular flexibility index (Phi) is 5.64. The molecule has 1 aliphatic heterocycles. The maximum atomic E-state index is 13.5. The van der Waals surface area contributed by atoms with Gasteiger partial charge in [-0.05, 0) is 6.42 Å². The molecule has 1 aliphatic rings. The smallest absolute Gasteiger partial charge is 0.322 e. The van der Waals surface area contributed by atoms with Gasteiger partial charge in [0.1, 0.15) is 0 Å². The van der Waals surface area contributed by atoms with Gasteiger partial charge < -0.3 is 10.6 Å². The molecule has 3 nitrogen and oxygen atoms in total. The third-order valence-corrected chi connectivity index (χ3v) is 3.92. The number of nitrogens with two attached hydrogens (primary N) is 1. The van der Waals surface area contributed by atoms with Crippen LogP contribution in [0.5, 0.6) is 0 Å². The van der Waals surface area contributed by atoms with E-state index in [4.69, 9.17) is 5.73 Å². The maximum absolute atomic E-state index is 13.5. The van der Waals surface area contributed by atoms with Gasteiger partial charge in [0.25, 0.3) is 0 Å². The standard InChI is InChI=1S/C11H7F15N2O/c12-5(13,4(29)28-2-1-3(28)27)6(14,15)7(16,17)8(18,19)9(20,21)10(22,23)11(24,25)26/h3H,1-2,27H2. The molecule has 0 bridgehead atoms. The van der Waals surface area contributed by atoms with E-state index in [2.05, 4.69) is 0 Å². The molecule has 29 heavy (non-hydrogen) atoms. The number of rotatable bonds is 6. The monoisotopic (exact) mass is 468 g/mol. The molecule has 0 aromatic heterocycles. The van der Waals surface area contributed by atoms with Crippen LogP contribution in [-0.4, -0.2) is 65.2 Å². The summed E-state index contributed by atoms with van der Waals surface area (Å²) < 4.78 is 194. The van der Waals surface area contributed by atoms with E-state index in [1.54, 1.807) is 0 Å². The van der Waals surface area contributed by atoms with Crippen LogP contribution < -0.4 is 5.73 Å². The van der Waals surface area contributed by atoms with E-state index in [0.717, 1.165) is 0 Å². The van der Waals surface area contributed by atoms with E-state index < -0.39 is 65.2 Å². The first-order valence-electron chi connectivity index (χ1n) is 6.83. The van der Waals surface area contributed by atoms with Gasteiger partial charge in [-0.15, -0.1) is 0 Å². The number of halogens is 15. The van der Waals surface area contributed by atoms with Crippen molar-refractivity contribution in [1.29, 1.82) is 0 Å². The number of hydrogen-bond acceptors (Lipinski definition) is 2. The molecule has 1 heterocycles. The first kappa shape index (κ1) is 25.4. The van der Waals surface area contributed by atoms with Crippen molar-refractivity contribution in [2.45, 2.75) is 54.3 Å². The number of alkyl halides is 15. The van der Waals surface area contributed by atoms with Crippen molar-refractivity contribution in [2.24, 2.45) is 5.73 Å². The highest BCUT2D eigenvalue weighted by molar-refractivity contribution is 5.86. The van der Waals surface area contributed by atoms with Crippen molar-refractivity contribution in [2.75, 3.05) is 6.54 Å². The van der Waals surface area contributed by atoms with E-state index in [1.165, 1.54) is 0 Å². The second-order valence-electron chi connectivity index (χ2n) is 5.80. The molecular weight excluding hydrogens is 461 g/mol. The number of amides is 1. The van der Waals surface area contributed by atoms with Gasteiger partial charge >= 0.3 is 47.6 Å². The van der Waals surface area contributed by atoms with Crippen molar-refractivity contribution < 1.29 is 70.7 Å². The van der Waals surface area contributed by atoms with Gasteiger partial charge in [0, 0.05) is 6.54 Å². The third-order valence-electron chi connectivity index (χ3n) is 3.92. The van der Waals surface area contributed by atoms with Crippen LogP contribution in [0.4, 0.5) is 65.9 Å². The second-order valence-corrected chi connectivity index (χ2v) is 5.80. The van der Waals surface area contributed by atoms with Gasteiger partial charge in [0.05, 0.1) is 6.17 Å². The average Bonchev–Trinajstić information content (AvgIpc) is 2.51. The predicted octanol–water partition coefficient (Wildman–Crippen LogP) is 3.88. The van der Waals surface area contributed by atoms with Crippen LogP contribution >= 0.6 is 0 Å². The van der Waals surface area contributed by atoms with Crippen molar-refractivity contribution in [3.8, 4) is 0 Å². The van der Waals surface area contributed by atoms with Crippen molar-refractivity contribution in [3.63, 3.8) is 0 Å². The van der Waals surface area contributed by atoms with Crippen LogP contribution in [0.1, 0.15) is 6.42 Å². The molecule has 18 heteroatoms. The highest BCUT2D eigenvalue weighted by atomic mass is 19.4. The summed E-state index contributed by atoms with van der Waals surface area (Å²) in [6.07, 6.45) is -9.81. The zero-order valence-corrected chi connectivity index (χ0v) is 13.1. The van der Waals surface area contributed by atoms with E-state index in [0.29, 0.717) is 0 Å². The summed E-state index contributed by atoms with van der Waals surface area (Å²) in [5.41, 5.74) is 4.88. The van der Waals surface area contributed by atoms with Gasteiger partial charge in [0.15, 0.2) is 0 Å². The van der Waals surface area contributed by atoms with E-state index in [9.17, 15) is 70.7 Å². The largest absolute Gasteiger partial charge is 0.460 e. The zero-order valence-electron chi connectivity index (χ0n) is 13.1. The maximum Gasteiger partial charge on any atom is 0.460 e. The lowest BCUT2D eigenvalue weighted by molar-refractivity contribution is -0.450. The van der Waals surface area contributed by atoms with E-state index >= 15 is 0 Å². The van der Waals surface area contributed by atoms with Crippen LogP contribution in [0.2, 0.25) is 0 Å². The van der Waals surface area contributed by atoms with Gasteiger partial charge in [0.2, 0.25) is 0 Å². The molecule has 0 aliphatic carbocycles. The second kappa shape index (κ2) is 6.44. The lowest BCUT2D eigenvalue weighted by atomic mass is 9.90. The van der Waals surface area contributed by atoms with Crippen LogP contribution in [0.3, 0.4) is 0 Å². The molecule has 0 aromatic carbocycles. The fraction of sp³-hybridized carbons (Fsp3) is 0.909. The van der Waals surface area contributed by atoms with Crippen molar-refractivity contribution >= 4 is 5.91 Å². The lowest BCUT2D eigenvalue weighted by Crippen LogP contribution is -2.75. The first-order valence-corrected chi connectivity index (χ1v) is 6.83. The summed E-state index contributed by atoms with van der Waals surface area (Å²) in [4.78, 5) is 10.8. The number of likely N-dealkylation sites (tertiary alicyclic amines) is 1. The van der Waals surface area contributed by atoms with Crippen LogP contribution in [0.25, 0.3) is 0 Å². The molecule has 1 saturated heterocycles. The Labute approximate surface area is 149 Å². The van der Waals surface area contributed by atoms with Gasteiger partial charge in [-0.1, -0.05) is 0 Å². The molecule has 0 aromatic rings. The predicted molar refractivity (Wildman–Crippen MR) is 60.0 cm³/mol. The van der Waals surface area contributed by atoms with Gasteiger partial charge in [-0.3, -0.25) is 4.79 Å². The third kappa shape index (κ3) is 3.08. The highest BCUT2D eigenvalue weighted by Crippen LogP contribution is 2.62. The molecule has 1 fully saturated rings. The minimum atomic E-state index is -8.41. The fourth-order valence-electron chi connectivity index (χ4n) is 1.94. The molecule has 1 amide bonds. The molecular formula is C11H7F15N2O.